The van der Waals surface area contributed by atoms with Crippen molar-refractivity contribution in [2.75, 3.05) is 5.32 Å². The Balaban J connectivity index is 1.79. The highest BCUT2D eigenvalue weighted by molar-refractivity contribution is 7.22. The number of nitrogens with one attached hydrogen (secondary N) is 1. The number of halogens is 2. The van der Waals surface area contributed by atoms with Gasteiger partial charge in [-0.2, -0.15) is 0 Å². The lowest BCUT2D eigenvalue weighted by Crippen LogP contribution is -2.13. The fraction of sp³-hybridized carbons (Fsp3) is 0.0667. The van der Waals surface area contributed by atoms with E-state index in [1.165, 1.54) is 11.3 Å². The first-order valence-electron chi connectivity index (χ1n) is 6.21. The van der Waals surface area contributed by atoms with Crippen molar-refractivity contribution in [1.82, 2.24) is 4.98 Å². The quantitative estimate of drug-likeness (QED) is 0.747. The molecular weight excluding hydrogens is 327 g/mol. The van der Waals surface area contributed by atoms with E-state index in [1.54, 1.807) is 12.1 Å². The zero-order valence-electron chi connectivity index (χ0n) is 10.8. The van der Waals surface area contributed by atoms with Crippen molar-refractivity contribution in [1.29, 1.82) is 0 Å². The van der Waals surface area contributed by atoms with E-state index in [0.717, 1.165) is 10.3 Å². The molecule has 0 saturated carbocycles. The Morgan fingerprint density at radius 3 is 2.71 bits per heavy atom. The van der Waals surface area contributed by atoms with Crippen LogP contribution in [0.15, 0.2) is 42.5 Å². The number of rotatable bonds is 3. The first-order chi connectivity index (χ1) is 10.1. The van der Waals surface area contributed by atoms with Gasteiger partial charge in [-0.15, -0.1) is 0 Å². The summed E-state index contributed by atoms with van der Waals surface area (Å²) < 4.78 is 0.850. The minimum atomic E-state index is -0.109. The van der Waals surface area contributed by atoms with Gasteiger partial charge in [0, 0.05) is 5.02 Å². The maximum absolute atomic E-state index is 12.0. The summed E-state index contributed by atoms with van der Waals surface area (Å²) >= 11 is 13.4. The smallest absolute Gasteiger partial charge is 0.230 e. The molecule has 0 radical (unpaired) electrons. The van der Waals surface area contributed by atoms with Gasteiger partial charge in [-0.05, 0) is 17.7 Å². The van der Waals surface area contributed by atoms with Crippen molar-refractivity contribution < 1.29 is 4.79 Å². The van der Waals surface area contributed by atoms with Crippen molar-refractivity contribution in [2.45, 2.75) is 6.42 Å². The van der Waals surface area contributed by atoms with Crippen LogP contribution in [0.4, 0.5) is 5.13 Å². The molecule has 106 valence electrons. The number of carbonyl (C=O) groups is 1. The van der Waals surface area contributed by atoms with Crippen molar-refractivity contribution >= 4 is 55.8 Å². The van der Waals surface area contributed by atoms with Crippen LogP contribution in [-0.2, 0) is 11.2 Å². The Labute approximate surface area is 135 Å². The second kappa shape index (κ2) is 6.02. The molecule has 0 saturated heterocycles. The van der Waals surface area contributed by atoms with Crippen LogP contribution in [0.1, 0.15) is 5.56 Å². The molecule has 21 heavy (non-hydrogen) atoms. The Bertz CT molecular complexity index is 802. The Morgan fingerprint density at radius 2 is 1.95 bits per heavy atom. The first kappa shape index (κ1) is 14.3. The molecule has 1 N–H and O–H groups in total. The fourth-order valence-corrected chi connectivity index (χ4v) is 3.56. The molecule has 0 aliphatic rings. The lowest BCUT2D eigenvalue weighted by atomic mass is 10.1. The van der Waals surface area contributed by atoms with Gasteiger partial charge in [0.05, 0.1) is 16.1 Å². The van der Waals surface area contributed by atoms with Crippen molar-refractivity contribution in [3.8, 4) is 0 Å². The third-order valence-electron chi connectivity index (χ3n) is 2.87. The summed E-state index contributed by atoms with van der Waals surface area (Å²) in [5, 5.41) is 4.35. The fourth-order valence-electron chi connectivity index (χ4n) is 1.96. The van der Waals surface area contributed by atoms with Gasteiger partial charge in [0.25, 0.3) is 0 Å². The number of anilines is 1. The van der Waals surface area contributed by atoms with Crippen LogP contribution >= 0.6 is 34.5 Å². The second-order valence-corrected chi connectivity index (χ2v) is 6.34. The Kier molecular flexibility index (Phi) is 4.10. The van der Waals surface area contributed by atoms with Crippen LogP contribution in [0, 0.1) is 0 Å². The Hall–Kier alpha value is -1.62. The lowest BCUT2D eigenvalue weighted by molar-refractivity contribution is -0.115. The first-order valence-corrected chi connectivity index (χ1v) is 7.78. The molecule has 0 aliphatic carbocycles. The predicted molar refractivity (Wildman–Crippen MR) is 88.4 cm³/mol. The molecule has 0 aliphatic heterocycles. The van der Waals surface area contributed by atoms with Gasteiger partial charge >= 0.3 is 0 Å². The number of fused-ring (bicyclic) bond motifs is 1. The summed E-state index contributed by atoms with van der Waals surface area (Å²) in [5.74, 6) is -0.109. The van der Waals surface area contributed by atoms with E-state index in [-0.39, 0.29) is 5.91 Å². The molecule has 6 heteroatoms. The van der Waals surface area contributed by atoms with Gasteiger partial charge in [0.15, 0.2) is 5.13 Å². The molecule has 0 atom stereocenters. The second-order valence-electron chi connectivity index (χ2n) is 4.46. The molecule has 3 aromatic rings. The summed E-state index contributed by atoms with van der Waals surface area (Å²) in [7, 11) is 0. The summed E-state index contributed by atoms with van der Waals surface area (Å²) in [6.45, 7) is 0. The monoisotopic (exact) mass is 336 g/mol. The molecule has 1 amide bonds. The molecular formula is C15H10Cl2N2OS. The summed E-state index contributed by atoms with van der Waals surface area (Å²) in [5.41, 5.74) is 1.61. The number of hydrogen-bond donors (Lipinski definition) is 1. The topological polar surface area (TPSA) is 42.0 Å². The molecule has 0 bridgehead atoms. The highest BCUT2D eigenvalue weighted by Crippen LogP contribution is 2.33. The number of carbonyl (C=O) groups excluding carboxylic acids is 1. The van der Waals surface area contributed by atoms with E-state index in [4.69, 9.17) is 23.2 Å². The van der Waals surface area contributed by atoms with Gasteiger partial charge in [0.1, 0.15) is 5.52 Å². The zero-order chi connectivity index (χ0) is 14.8. The molecule has 3 rings (SSSR count). The van der Waals surface area contributed by atoms with Crippen LogP contribution < -0.4 is 5.32 Å². The minimum absolute atomic E-state index is 0.109. The van der Waals surface area contributed by atoms with Gasteiger partial charge in [-0.1, -0.05) is 64.9 Å². The van der Waals surface area contributed by atoms with Gasteiger partial charge in [-0.25, -0.2) is 4.98 Å². The molecule has 3 nitrogen and oxygen atoms in total. The summed E-state index contributed by atoms with van der Waals surface area (Å²) in [6, 6.07) is 13.0. The SMILES string of the molecule is O=C(Cc1ccccc1)Nc1nc2c(Cl)cc(Cl)cc2s1. The van der Waals surface area contributed by atoms with Crippen LogP contribution in [0.25, 0.3) is 10.2 Å². The maximum atomic E-state index is 12.0. The average molecular weight is 337 g/mol. The number of thiazole rings is 1. The lowest BCUT2D eigenvalue weighted by Gasteiger charge is -2.01. The molecule has 2 aromatic carbocycles. The standard InChI is InChI=1S/C15H10Cl2N2OS/c16-10-7-11(17)14-12(8-10)21-15(19-14)18-13(20)6-9-4-2-1-3-5-9/h1-5,7-8H,6H2,(H,18,19,20). The van der Waals surface area contributed by atoms with E-state index >= 15 is 0 Å². The van der Waals surface area contributed by atoms with E-state index < -0.39 is 0 Å². The molecule has 1 heterocycles. The predicted octanol–water partition coefficient (Wildman–Crippen LogP) is 4.78. The van der Waals surface area contributed by atoms with Crippen molar-refractivity contribution in [3.63, 3.8) is 0 Å². The van der Waals surface area contributed by atoms with Gasteiger partial charge < -0.3 is 5.32 Å². The third kappa shape index (κ3) is 3.35. The maximum Gasteiger partial charge on any atom is 0.230 e. The van der Waals surface area contributed by atoms with E-state index in [1.807, 2.05) is 30.3 Å². The number of nitrogens with zero attached hydrogens (tertiary/aromatic N) is 1. The van der Waals surface area contributed by atoms with Crippen LogP contribution in [0.2, 0.25) is 10.0 Å². The minimum Gasteiger partial charge on any atom is -0.302 e. The third-order valence-corrected chi connectivity index (χ3v) is 4.29. The van der Waals surface area contributed by atoms with Gasteiger partial charge in [-0.3, -0.25) is 4.79 Å². The highest BCUT2D eigenvalue weighted by atomic mass is 35.5. The summed E-state index contributed by atoms with van der Waals surface area (Å²) in [6.07, 6.45) is 0.311. The van der Waals surface area contributed by atoms with Crippen LogP contribution in [0.5, 0.6) is 0 Å². The molecule has 0 fully saturated rings. The zero-order valence-corrected chi connectivity index (χ0v) is 13.1. The molecule has 1 aromatic heterocycles. The largest absolute Gasteiger partial charge is 0.302 e. The highest BCUT2D eigenvalue weighted by Gasteiger charge is 2.11. The van der Waals surface area contributed by atoms with Crippen LogP contribution in [0.3, 0.4) is 0 Å². The van der Waals surface area contributed by atoms with Gasteiger partial charge in [0.2, 0.25) is 5.91 Å². The van der Waals surface area contributed by atoms with Crippen molar-refractivity contribution in [3.05, 3.63) is 58.1 Å². The molecule has 0 spiro atoms. The van der Waals surface area contributed by atoms with E-state index in [9.17, 15) is 4.79 Å². The number of amides is 1. The van der Waals surface area contributed by atoms with Crippen molar-refractivity contribution in [2.24, 2.45) is 0 Å². The number of hydrogen-bond acceptors (Lipinski definition) is 3. The van der Waals surface area contributed by atoms with E-state index in [2.05, 4.69) is 10.3 Å². The number of aromatic nitrogens is 1. The number of benzene rings is 2. The normalized spacial score (nSPS) is 10.8. The van der Waals surface area contributed by atoms with E-state index in [0.29, 0.717) is 27.1 Å². The Morgan fingerprint density at radius 1 is 1.19 bits per heavy atom. The van der Waals surface area contributed by atoms with Crippen LogP contribution in [-0.4, -0.2) is 10.9 Å². The molecule has 0 unspecified atom stereocenters. The average Bonchev–Trinajstić information content (AvgIpc) is 2.82. The summed E-state index contributed by atoms with van der Waals surface area (Å²) in [4.78, 5) is 16.3.